The molecule has 0 bridgehead atoms. The fourth-order valence-electron chi connectivity index (χ4n) is 4.69. The van der Waals surface area contributed by atoms with Crippen LogP contribution in [0.25, 0.3) is 22.0 Å². The molecule has 0 unspecified atom stereocenters. The van der Waals surface area contributed by atoms with Crippen molar-refractivity contribution in [3.8, 4) is 11.1 Å². The van der Waals surface area contributed by atoms with Crippen molar-refractivity contribution in [3.63, 3.8) is 0 Å². The number of amides is 1. The molecule has 1 fully saturated rings. The summed E-state index contributed by atoms with van der Waals surface area (Å²) >= 11 is 0. The SMILES string of the molecule is Cc1ccc(-c2ccc3ncc(C(=O)NCC4CCN(C)CC4)c(NCCCN(C)C)c3c2)cc1. The number of likely N-dealkylation sites (tertiary alicyclic amines) is 1. The fraction of sp³-hybridized carbons (Fsp3) is 0.448. The Morgan fingerprint density at radius 2 is 1.80 bits per heavy atom. The first-order valence-electron chi connectivity index (χ1n) is 12.8. The van der Waals surface area contributed by atoms with Crippen LogP contribution in [0.15, 0.2) is 48.7 Å². The van der Waals surface area contributed by atoms with Crippen LogP contribution < -0.4 is 10.6 Å². The molecular formula is C29H39N5O. The molecule has 6 nitrogen and oxygen atoms in total. The Hall–Kier alpha value is -2.96. The highest BCUT2D eigenvalue weighted by Gasteiger charge is 2.20. The number of aryl methyl sites for hydroxylation is 1. The van der Waals surface area contributed by atoms with Crippen molar-refractivity contribution in [2.75, 3.05) is 59.2 Å². The summed E-state index contributed by atoms with van der Waals surface area (Å²) < 4.78 is 0. The van der Waals surface area contributed by atoms with Crippen LogP contribution >= 0.6 is 0 Å². The molecule has 4 rings (SSSR count). The molecule has 186 valence electrons. The highest BCUT2D eigenvalue weighted by molar-refractivity contribution is 6.07. The van der Waals surface area contributed by atoms with Gasteiger partial charge in [0.25, 0.3) is 5.91 Å². The minimum Gasteiger partial charge on any atom is -0.384 e. The molecule has 0 aliphatic carbocycles. The topological polar surface area (TPSA) is 60.5 Å². The number of carbonyl (C=O) groups excluding carboxylic acids is 1. The van der Waals surface area contributed by atoms with E-state index in [0.717, 1.165) is 73.2 Å². The summed E-state index contributed by atoms with van der Waals surface area (Å²) in [5.74, 6) is 0.488. The average Bonchev–Trinajstić information content (AvgIpc) is 2.86. The molecule has 2 aromatic carbocycles. The smallest absolute Gasteiger partial charge is 0.254 e. The van der Waals surface area contributed by atoms with Gasteiger partial charge in [0.05, 0.1) is 16.8 Å². The first-order chi connectivity index (χ1) is 16.9. The van der Waals surface area contributed by atoms with Crippen LogP contribution in [0, 0.1) is 12.8 Å². The molecule has 0 radical (unpaired) electrons. The van der Waals surface area contributed by atoms with E-state index in [1.807, 2.05) is 0 Å². The predicted molar refractivity (Wildman–Crippen MR) is 146 cm³/mol. The number of hydrogen-bond acceptors (Lipinski definition) is 5. The van der Waals surface area contributed by atoms with Crippen LogP contribution in [-0.4, -0.2) is 74.6 Å². The molecule has 2 heterocycles. The highest BCUT2D eigenvalue weighted by Crippen LogP contribution is 2.31. The van der Waals surface area contributed by atoms with Gasteiger partial charge in [-0.05, 0) is 96.1 Å². The van der Waals surface area contributed by atoms with Crippen molar-refractivity contribution in [1.82, 2.24) is 20.1 Å². The monoisotopic (exact) mass is 473 g/mol. The second-order valence-electron chi connectivity index (χ2n) is 10.2. The summed E-state index contributed by atoms with van der Waals surface area (Å²) in [6.45, 7) is 6.79. The number of carbonyl (C=O) groups is 1. The lowest BCUT2D eigenvalue weighted by molar-refractivity contribution is 0.0939. The van der Waals surface area contributed by atoms with Gasteiger partial charge in [0.2, 0.25) is 0 Å². The number of piperidine rings is 1. The summed E-state index contributed by atoms with van der Waals surface area (Å²) in [6, 6.07) is 14.9. The lowest BCUT2D eigenvalue weighted by Crippen LogP contribution is -2.37. The molecule has 0 saturated carbocycles. The van der Waals surface area contributed by atoms with Crippen molar-refractivity contribution in [3.05, 3.63) is 59.8 Å². The van der Waals surface area contributed by atoms with Crippen LogP contribution in [-0.2, 0) is 0 Å². The Morgan fingerprint density at radius 3 is 2.51 bits per heavy atom. The minimum atomic E-state index is -0.0471. The second kappa shape index (κ2) is 11.6. The fourth-order valence-corrected chi connectivity index (χ4v) is 4.69. The van der Waals surface area contributed by atoms with Crippen molar-refractivity contribution >= 4 is 22.5 Å². The van der Waals surface area contributed by atoms with Crippen LogP contribution in [0.2, 0.25) is 0 Å². The van der Waals surface area contributed by atoms with Crippen molar-refractivity contribution in [1.29, 1.82) is 0 Å². The van der Waals surface area contributed by atoms with Crippen molar-refractivity contribution < 1.29 is 4.79 Å². The summed E-state index contributed by atoms with van der Waals surface area (Å²) in [7, 11) is 6.32. The largest absolute Gasteiger partial charge is 0.384 e. The number of anilines is 1. The number of nitrogens with one attached hydrogen (secondary N) is 2. The first-order valence-corrected chi connectivity index (χ1v) is 12.8. The normalized spacial score (nSPS) is 15.0. The van der Waals surface area contributed by atoms with Crippen molar-refractivity contribution in [2.45, 2.75) is 26.2 Å². The predicted octanol–water partition coefficient (Wildman–Crippen LogP) is 4.65. The Bertz CT molecular complexity index is 1130. The van der Waals surface area contributed by atoms with E-state index in [-0.39, 0.29) is 5.91 Å². The molecule has 1 saturated heterocycles. The van der Waals surface area contributed by atoms with Gasteiger partial charge in [-0.25, -0.2) is 0 Å². The summed E-state index contributed by atoms with van der Waals surface area (Å²) in [5, 5.41) is 7.78. The molecule has 0 atom stereocenters. The number of benzene rings is 2. The lowest BCUT2D eigenvalue weighted by atomic mass is 9.97. The molecule has 0 spiro atoms. The van der Waals surface area contributed by atoms with Crippen LogP contribution in [0.5, 0.6) is 0 Å². The van der Waals surface area contributed by atoms with Gasteiger partial charge in [-0.2, -0.15) is 0 Å². The molecule has 35 heavy (non-hydrogen) atoms. The van der Waals surface area contributed by atoms with Gasteiger partial charge in [-0.3, -0.25) is 9.78 Å². The Morgan fingerprint density at radius 1 is 1.09 bits per heavy atom. The standard InChI is InChI=1S/C29H39N5O/c1-21-6-8-23(9-7-21)24-10-11-27-25(18-24)28(30-14-5-15-33(2)3)26(20-31-27)29(35)32-19-22-12-16-34(4)17-13-22/h6-11,18,20,22H,5,12-17,19H2,1-4H3,(H,30,31)(H,32,35). The van der Waals surface area contributed by atoms with Crippen LogP contribution in [0.1, 0.15) is 35.2 Å². The molecule has 1 aliphatic heterocycles. The quantitative estimate of drug-likeness (QED) is 0.443. The maximum atomic E-state index is 13.3. The maximum Gasteiger partial charge on any atom is 0.254 e. The summed E-state index contributed by atoms with van der Waals surface area (Å²) in [6.07, 6.45) is 4.97. The molecular weight excluding hydrogens is 434 g/mol. The van der Waals surface area contributed by atoms with Gasteiger partial charge in [0, 0.05) is 24.7 Å². The maximum absolute atomic E-state index is 13.3. The molecule has 3 aromatic rings. The van der Waals surface area contributed by atoms with E-state index in [1.165, 1.54) is 5.56 Å². The zero-order valence-corrected chi connectivity index (χ0v) is 21.6. The van der Waals surface area contributed by atoms with Gasteiger partial charge in [-0.15, -0.1) is 0 Å². The highest BCUT2D eigenvalue weighted by atomic mass is 16.1. The van der Waals surface area contributed by atoms with E-state index in [9.17, 15) is 4.79 Å². The molecule has 1 amide bonds. The third kappa shape index (κ3) is 6.59. The third-order valence-corrected chi connectivity index (χ3v) is 6.97. The number of rotatable bonds is 9. The lowest BCUT2D eigenvalue weighted by Gasteiger charge is -2.29. The van der Waals surface area contributed by atoms with E-state index in [4.69, 9.17) is 0 Å². The number of nitrogens with zero attached hydrogens (tertiary/aromatic N) is 3. The third-order valence-electron chi connectivity index (χ3n) is 6.97. The Kier molecular flexibility index (Phi) is 8.37. The zero-order valence-electron chi connectivity index (χ0n) is 21.6. The molecule has 6 heteroatoms. The van der Waals surface area contributed by atoms with E-state index in [0.29, 0.717) is 18.0 Å². The van der Waals surface area contributed by atoms with Crippen molar-refractivity contribution in [2.24, 2.45) is 5.92 Å². The van der Waals surface area contributed by atoms with E-state index in [2.05, 4.69) is 95.9 Å². The molecule has 2 N–H and O–H groups in total. The van der Waals surface area contributed by atoms with Crippen LogP contribution in [0.3, 0.4) is 0 Å². The van der Waals surface area contributed by atoms with Gasteiger partial charge < -0.3 is 20.4 Å². The van der Waals surface area contributed by atoms with Gasteiger partial charge in [0.15, 0.2) is 0 Å². The molecule has 1 aromatic heterocycles. The summed E-state index contributed by atoms with van der Waals surface area (Å²) in [5.41, 5.74) is 5.92. The van der Waals surface area contributed by atoms with E-state index < -0.39 is 0 Å². The number of fused-ring (bicyclic) bond motifs is 1. The minimum absolute atomic E-state index is 0.0471. The number of aromatic nitrogens is 1. The zero-order chi connectivity index (χ0) is 24.8. The first kappa shape index (κ1) is 25.1. The van der Waals surface area contributed by atoms with E-state index in [1.54, 1.807) is 6.20 Å². The Balaban J connectivity index is 1.61. The van der Waals surface area contributed by atoms with E-state index >= 15 is 0 Å². The van der Waals surface area contributed by atoms with Gasteiger partial charge in [0.1, 0.15) is 0 Å². The Labute approximate surface area is 209 Å². The van der Waals surface area contributed by atoms with Gasteiger partial charge in [-0.1, -0.05) is 35.9 Å². The van der Waals surface area contributed by atoms with Gasteiger partial charge >= 0.3 is 0 Å². The van der Waals surface area contributed by atoms with Crippen LogP contribution in [0.4, 0.5) is 5.69 Å². The number of pyridine rings is 1. The summed E-state index contributed by atoms with van der Waals surface area (Å²) in [4.78, 5) is 22.5. The average molecular weight is 474 g/mol. The molecule has 1 aliphatic rings. The second-order valence-corrected chi connectivity index (χ2v) is 10.2. The number of hydrogen-bond donors (Lipinski definition) is 2.